The summed E-state index contributed by atoms with van der Waals surface area (Å²) in [6.45, 7) is 0.770. The third-order valence-corrected chi connectivity index (χ3v) is 4.59. The third-order valence-electron chi connectivity index (χ3n) is 4.59. The summed E-state index contributed by atoms with van der Waals surface area (Å²) >= 11 is 0. The highest BCUT2D eigenvalue weighted by Crippen LogP contribution is 2.24. The molecule has 0 heterocycles. The number of hydrogen-bond acceptors (Lipinski definition) is 3. The van der Waals surface area contributed by atoms with Crippen LogP contribution >= 0.6 is 0 Å². The van der Waals surface area contributed by atoms with Crippen LogP contribution in [0.4, 0.5) is 4.79 Å². The Kier molecular flexibility index (Phi) is 5.05. The van der Waals surface area contributed by atoms with Crippen molar-refractivity contribution in [2.75, 3.05) is 20.6 Å². The standard InChI is InChI=1S/C14H28N4O/c1-18(2)13-5-3-12(4-6-13)17-14(19)16-9-10-7-11(15)8-10/h10-13H,3-9,15H2,1-2H3,(H2,16,17,19). The highest BCUT2D eigenvalue weighted by Gasteiger charge is 2.27. The minimum Gasteiger partial charge on any atom is -0.338 e. The average Bonchev–Trinajstić information content (AvgIpc) is 2.34. The summed E-state index contributed by atoms with van der Waals surface area (Å²) < 4.78 is 0. The zero-order valence-electron chi connectivity index (χ0n) is 12.2. The molecule has 0 atom stereocenters. The van der Waals surface area contributed by atoms with Gasteiger partial charge in [0.15, 0.2) is 0 Å². The molecule has 5 heteroatoms. The quantitative estimate of drug-likeness (QED) is 0.709. The van der Waals surface area contributed by atoms with E-state index in [0.29, 0.717) is 24.0 Å². The highest BCUT2D eigenvalue weighted by molar-refractivity contribution is 5.74. The second kappa shape index (κ2) is 6.57. The smallest absolute Gasteiger partial charge is 0.315 e. The molecule has 110 valence electrons. The zero-order valence-corrected chi connectivity index (χ0v) is 12.2. The van der Waals surface area contributed by atoms with Crippen LogP contribution < -0.4 is 16.4 Å². The fourth-order valence-corrected chi connectivity index (χ4v) is 3.16. The molecule has 0 aromatic heterocycles. The number of nitrogens with zero attached hydrogens (tertiary/aromatic N) is 1. The number of carbonyl (C=O) groups is 1. The predicted octanol–water partition coefficient (Wildman–Crippen LogP) is 0.896. The first-order valence-electron chi connectivity index (χ1n) is 7.51. The summed E-state index contributed by atoms with van der Waals surface area (Å²) in [6.07, 6.45) is 6.63. The van der Waals surface area contributed by atoms with Gasteiger partial charge in [-0.15, -0.1) is 0 Å². The summed E-state index contributed by atoms with van der Waals surface area (Å²) in [4.78, 5) is 14.1. The van der Waals surface area contributed by atoms with Gasteiger partial charge in [0, 0.05) is 24.7 Å². The van der Waals surface area contributed by atoms with Gasteiger partial charge in [0.1, 0.15) is 0 Å². The molecule has 0 spiro atoms. The molecule has 0 radical (unpaired) electrons. The molecule has 0 aromatic carbocycles. The van der Waals surface area contributed by atoms with Gasteiger partial charge < -0.3 is 21.3 Å². The molecule has 19 heavy (non-hydrogen) atoms. The monoisotopic (exact) mass is 268 g/mol. The van der Waals surface area contributed by atoms with Crippen LogP contribution in [-0.4, -0.2) is 49.7 Å². The molecule has 2 aliphatic rings. The van der Waals surface area contributed by atoms with Crippen LogP contribution in [0.1, 0.15) is 38.5 Å². The van der Waals surface area contributed by atoms with E-state index in [1.807, 2.05) is 0 Å². The van der Waals surface area contributed by atoms with Gasteiger partial charge in [0.05, 0.1) is 0 Å². The van der Waals surface area contributed by atoms with E-state index in [2.05, 4.69) is 29.6 Å². The molecule has 0 aromatic rings. The van der Waals surface area contributed by atoms with Crippen molar-refractivity contribution >= 4 is 6.03 Å². The van der Waals surface area contributed by atoms with Crippen LogP contribution in [0.5, 0.6) is 0 Å². The van der Waals surface area contributed by atoms with E-state index in [-0.39, 0.29) is 6.03 Å². The van der Waals surface area contributed by atoms with Gasteiger partial charge in [0.25, 0.3) is 0 Å². The maximum atomic E-state index is 11.8. The van der Waals surface area contributed by atoms with Crippen LogP contribution in [0.2, 0.25) is 0 Å². The van der Waals surface area contributed by atoms with Gasteiger partial charge in [0.2, 0.25) is 0 Å². The van der Waals surface area contributed by atoms with Gasteiger partial charge in [-0.25, -0.2) is 4.79 Å². The number of urea groups is 1. The van der Waals surface area contributed by atoms with Crippen molar-refractivity contribution in [3.05, 3.63) is 0 Å². The first-order chi connectivity index (χ1) is 9.04. The molecule has 4 N–H and O–H groups in total. The fraction of sp³-hybridized carbons (Fsp3) is 0.929. The molecule has 2 rings (SSSR count). The van der Waals surface area contributed by atoms with E-state index in [1.54, 1.807) is 0 Å². The predicted molar refractivity (Wildman–Crippen MR) is 77.0 cm³/mol. The Morgan fingerprint density at radius 3 is 2.37 bits per heavy atom. The van der Waals surface area contributed by atoms with Crippen molar-refractivity contribution in [3.8, 4) is 0 Å². The van der Waals surface area contributed by atoms with E-state index >= 15 is 0 Å². The normalized spacial score (nSPS) is 34.7. The zero-order chi connectivity index (χ0) is 13.8. The number of carbonyl (C=O) groups excluding carboxylic acids is 1. The first-order valence-corrected chi connectivity index (χ1v) is 7.51. The van der Waals surface area contributed by atoms with Crippen LogP contribution in [0.25, 0.3) is 0 Å². The lowest BCUT2D eigenvalue weighted by Crippen LogP contribution is -2.48. The topological polar surface area (TPSA) is 70.4 Å². The van der Waals surface area contributed by atoms with E-state index in [1.165, 1.54) is 12.8 Å². The van der Waals surface area contributed by atoms with Crippen molar-refractivity contribution in [2.45, 2.75) is 56.7 Å². The Balaban J connectivity index is 1.58. The Bertz CT molecular complexity index is 294. The highest BCUT2D eigenvalue weighted by atomic mass is 16.2. The van der Waals surface area contributed by atoms with E-state index in [9.17, 15) is 4.79 Å². The molecular formula is C14H28N4O. The van der Waals surface area contributed by atoms with Gasteiger partial charge in [-0.1, -0.05) is 0 Å². The van der Waals surface area contributed by atoms with E-state index in [4.69, 9.17) is 5.73 Å². The minimum atomic E-state index is -0.00576. The van der Waals surface area contributed by atoms with Crippen LogP contribution in [0, 0.1) is 5.92 Å². The molecule has 0 saturated heterocycles. The van der Waals surface area contributed by atoms with Crippen LogP contribution in [0.3, 0.4) is 0 Å². The molecule has 2 saturated carbocycles. The summed E-state index contributed by atoms with van der Waals surface area (Å²) in [5.41, 5.74) is 5.73. The second-order valence-corrected chi connectivity index (χ2v) is 6.42. The maximum absolute atomic E-state index is 11.8. The molecule has 5 nitrogen and oxygen atoms in total. The Hall–Kier alpha value is -0.810. The largest absolute Gasteiger partial charge is 0.338 e. The van der Waals surface area contributed by atoms with Crippen molar-refractivity contribution in [1.82, 2.24) is 15.5 Å². The lowest BCUT2D eigenvalue weighted by atomic mass is 9.81. The number of amides is 2. The molecular weight excluding hydrogens is 240 g/mol. The van der Waals surface area contributed by atoms with Crippen molar-refractivity contribution in [2.24, 2.45) is 11.7 Å². The number of rotatable bonds is 4. The summed E-state index contributed by atoms with van der Waals surface area (Å²) in [6, 6.07) is 1.38. The number of hydrogen-bond donors (Lipinski definition) is 3. The average molecular weight is 268 g/mol. The molecule has 0 aliphatic heterocycles. The molecule has 2 amide bonds. The summed E-state index contributed by atoms with van der Waals surface area (Å²) in [5, 5.41) is 6.06. The Labute approximate surface area is 116 Å². The van der Waals surface area contributed by atoms with Gasteiger partial charge in [-0.2, -0.15) is 0 Å². The first kappa shape index (κ1) is 14.6. The number of nitrogens with two attached hydrogens (primary N) is 1. The van der Waals surface area contributed by atoms with Gasteiger partial charge in [-0.05, 0) is 58.5 Å². The minimum absolute atomic E-state index is 0.00576. The lowest BCUT2D eigenvalue weighted by Gasteiger charge is -2.34. The molecule has 2 aliphatic carbocycles. The maximum Gasteiger partial charge on any atom is 0.315 e. The van der Waals surface area contributed by atoms with E-state index < -0.39 is 0 Å². The van der Waals surface area contributed by atoms with Gasteiger partial charge in [-0.3, -0.25) is 0 Å². The molecule has 0 bridgehead atoms. The molecule has 2 fully saturated rings. The van der Waals surface area contributed by atoms with Gasteiger partial charge >= 0.3 is 6.03 Å². The molecule has 0 unspecified atom stereocenters. The van der Waals surface area contributed by atoms with Crippen molar-refractivity contribution in [1.29, 1.82) is 0 Å². The third kappa shape index (κ3) is 4.35. The Morgan fingerprint density at radius 2 is 1.84 bits per heavy atom. The SMILES string of the molecule is CN(C)C1CCC(NC(=O)NCC2CC(N)C2)CC1. The number of nitrogens with one attached hydrogen (secondary N) is 2. The van der Waals surface area contributed by atoms with Crippen LogP contribution in [-0.2, 0) is 0 Å². The van der Waals surface area contributed by atoms with Crippen molar-refractivity contribution < 1.29 is 4.79 Å². The summed E-state index contributed by atoms with van der Waals surface area (Å²) in [5.74, 6) is 0.588. The van der Waals surface area contributed by atoms with Crippen molar-refractivity contribution in [3.63, 3.8) is 0 Å². The second-order valence-electron chi connectivity index (χ2n) is 6.42. The Morgan fingerprint density at radius 1 is 1.21 bits per heavy atom. The fourth-order valence-electron chi connectivity index (χ4n) is 3.16. The van der Waals surface area contributed by atoms with E-state index in [0.717, 1.165) is 32.2 Å². The summed E-state index contributed by atoms with van der Waals surface area (Å²) in [7, 11) is 4.27. The lowest BCUT2D eigenvalue weighted by molar-refractivity contribution is 0.195. The van der Waals surface area contributed by atoms with Crippen LogP contribution in [0.15, 0.2) is 0 Å².